The molecule has 1 aliphatic rings. The van der Waals surface area contributed by atoms with Crippen molar-refractivity contribution in [1.29, 1.82) is 0 Å². The minimum Gasteiger partial charge on any atom is -0.307 e. The number of benzene rings is 1. The van der Waals surface area contributed by atoms with Crippen molar-refractivity contribution in [3.8, 4) is 0 Å². The first kappa shape index (κ1) is 14.6. The molecular formula is C18H29N. The Bertz CT molecular complexity index is 368. The van der Waals surface area contributed by atoms with Crippen LogP contribution in [0.3, 0.4) is 0 Å². The van der Waals surface area contributed by atoms with Crippen LogP contribution in [0.25, 0.3) is 0 Å². The number of aryl methyl sites for hydroxylation is 1. The summed E-state index contributed by atoms with van der Waals surface area (Å²) in [4.78, 5) is 0. The van der Waals surface area contributed by atoms with E-state index in [0.29, 0.717) is 12.1 Å². The summed E-state index contributed by atoms with van der Waals surface area (Å²) in [5, 5.41) is 3.93. The summed E-state index contributed by atoms with van der Waals surface area (Å²) in [7, 11) is 0. The van der Waals surface area contributed by atoms with Gasteiger partial charge in [0.15, 0.2) is 0 Å². The van der Waals surface area contributed by atoms with Gasteiger partial charge in [0.25, 0.3) is 0 Å². The Morgan fingerprint density at radius 3 is 2.47 bits per heavy atom. The average molecular weight is 259 g/mol. The van der Waals surface area contributed by atoms with E-state index in [2.05, 4.69) is 50.4 Å². The largest absolute Gasteiger partial charge is 0.307 e. The lowest BCUT2D eigenvalue weighted by Gasteiger charge is -2.28. The van der Waals surface area contributed by atoms with Gasteiger partial charge in [-0.1, -0.05) is 62.9 Å². The highest BCUT2D eigenvalue weighted by molar-refractivity contribution is 5.24. The summed E-state index contributed by atoms with van der Waals surface area (Å²) in [5.74, 6) is 0.821. The molecule has 0 aliphatic heterocycles. The Balaban J connectivity index is 2.03. The van der Waals surface area contributed by atoms with E-state index in [1.54, 1.807) is 0 Å². The Morgan fingerprint density at radius 2 is 1.79 bits per heavy atom. The van der Waals surface area contributed by atoms with Crippen molar-refractivity contribution in [2.75, 3.05) is 0 Å². The number of hydrogen-bond acceptors (Lipinski definition) is 1. The number of hydrogen-bond donors (Lipinski definition) is 1. The zero-order valence-electron chi connectivity index (χ0n) is 12.8. The van der Waals surface area contributed by atoms with Crippen LogP contribution in [0.1, 0.15) is 69.5 Å². The molecule has 3 atom stereocenters. The van der Waals surface area contributed by atoms with E-state index in [4.69, 9.17) is 0 Å². The van der Waals surface area contributed by atoms with Crippen molar-refractivity contribution in [3.05, 3.63) is 35.4 Å². The first-order chi connectivity index (χ1) is 9.20. The van der Waals surface area contributed by atoms with Crippen molar-refractivity contribution < 1.29 is 0 Å². The highest BCUT2D eigenvalue weighted by Gasteiger charge is 2.22. The summed E-state index contributed by atoms with van der Waals surface area (Å²) in [6.45, 7) is 6.87. The first-order valence-corrected chi connectivity index (χ1v) is 8.03. The molecule has 1 aromatic rings. The molecule has 0 aromatic heterocycles. The van der Waals surface area contributed by atoms with Gasteiger partial charge in [-0.2, -0.15) is 0 Å². The maximum Gasteiger partial charge on any atom is 0.0320 e. The third-order valence-corrected chi connectivity index (χ3v) is 4.66. The lowest BCUT2D eigenvalue weighted by molar-refractivity contribution is 0.318. The lowest BCUT2D eigenvalue weighted by atomic mass is 9.94. The average Bonchev–Trinajstić information content (AvgIpc) is 2.62. The fraction of sp³-hybridized carbons (Fsp3) is 0.667. The van der Waals surface area contributed by atoms with Crippen molar-refractivity contribution >= 4 is 0 Å². The third kappa shape index (κ3) is 4.07. The molecule has 0 spiro atoms. The Hall–Kier alpha value is -0.820. The molecule has 0 heterocycles. The maximum atomic E-state index is 3.93. The molecule has 3 unspecified atom stereocenters. The molecule has 1 aromatic carbocycles. The minimum atomic E-state index is 0.520. The van der Waals surface area contributed by atoms with Crippen LogP contribution in [0.5, 0.6) is 0 Å². The van der Waals surface area contributed by atoms with Gasteiger partial charge >= 0.3 is 0 Å². The van der Waals surface area contributed by atoms with Gasteiger partial charge in [0.1, 0.15) is 0 Å². The van der Waals surface area contributed by atoms with E-state index in [-0.39, 0.29) is 0 Å². The van der Waals surface area contributed by atoms with Crippen LogP contribution in [0.4, 0.5) is 0 Å². The lowest BCUT2D eigenvalue weighted by Crippen LogP contribution is -2.37. The predicted molar refractivity (Wildman–Crippen MR) is 83.4 cm³/mol. The maximum absolute atomic E-state index is 3.93. The standard InChI is InChI=1S/C18H29N/c1-4-17(16-12-10-14(2)11-13-16)19-18-9-7-5-6-8-15(18)3/h10-13,15,17-19H,4-9H2,1-3H3. The Kier molecular flexibility index (Phi) is 5.45. The molecule has 0 amide bonds. The molecule has 0 radical (unpaired) electrons. The molecule has 2 rings (SSSR count). The normalized spacial score (nSPS) is 25.8. The van der Waals surface area contributed by atoms with Gasteiger partial charge in [0, 0.05) is 12.1 Å². The van der Waals surface area contributed by atoms with Crippen molar-refractivity contribution in [3.63, 3.8) is 0 Å². The van der Waals surface area contributed by atoms with Gasteiger partial charge in [0.05, 0.1) is 0 Å². The number of nitrogens with one attached hydrogen (secondary N) is 1. The van der Waals surface area contributed by atoms with Gasteiger partial charge in [-0.15, -0.1) is 0 Å². The molecule has 0 saturated heterocycles. The predicted octanol–water partition coefficient (Wildman–Crippen LogP) is 5.00. The second kappa shape index (κ2) is 7.09. The van der Waals surface area contributed by atoms with Crippen LogP contribution in [0.15, 0.2) is 24.3 Å². The molecule has 19 heavy (non-hydrogen) atoms. The molecule has 1 fully saturated rings. The Morgan fingerprint density at radius 1 is 1.11 bits per heavy atom. The molecule has 1 aliphatic carbocycles. The summed E-state index contributed by atoms with van der Waals surface area (Å²) in [6.07, 6.45) is 8.15. The first-order valence-electron chi connectivity index (χ1n) is 8.03. The van der Waals surface area contributed by atoms with E-state index >= 15 is 0 Å². The molecule has 0 bridgehead atoms. The van der Waals surface area contributed by atoms with Gasteiger partial charge in [-0.3, -0.25) is 0 Å². The highest BCUT2D eigenvalue weighted by atomic mass is 15.0. The van der Waals surface area contributed by atoms with E-state index in [1.807, 2.05) is 0 Å². The van der Waals surface area contributed by atoms with Crippen LogP contribution < -0.4 is 5.32 Å². The van der Waals surface area contributed by atoms with Gasteiger partial charge in [0.2, 0.25) is 0 Å². The second-order valence-corrected chi connectivity index (χ2v) is 6.26. The van der Waals surface area contributed by atoms with E-state index in [1.165, 1.54) is 49.7 Å². The topological polar surface area (TPSA) is 12.0 Å². The number of rotatable bonds is 4. The van der Waals surface area contributed by atoms with Crippen LogP contribution in [-0.4, -0.2) is 6.04 Å². The smallest absolute Gasteiger partial charge is 0.0320 e. The molecule has 1 heteroatoms. The summed E-state index contributed by atoms with van der Waals surface area (Å²) in [5.41, 5.74) is 2.80. The monoisotopic (exact) mass is 259 g/mol. The van der Waals surface area contributed by atoms with Crippen LogP contribution >= 0.6 is 0 Å². The van der Waals surface area contributed by atoms with Crippen molar-refractivity contribution in [2.24, 2.45) is 5.92 Å². The fourth-order valence-electron chi connectivity index (χ4n) is 3.25. The van der Waals surface area contributed by atoms with Gasteiger partial charge in [-0.05, 0) is 37.7 Å². The summed E-state index contributed by atoms with van der Waals surface area (Å²) < 4.78 is 0. The van der Waals surface area contributed by atoms with E-state index in [9.17, 15) is 0 Å². The summed E-state index contributed by atoms with van der Waals surface area (Å²) >= 11 is 0. The highest BCUT2D eigenvalue weighted by Crippen LogP contribution is 2.26. The van der Waals surface area contributed by atoms with Crippen molar-refractivity contribution in [2.45, 2.75) is 71.4 Å². The zero-order chi connectivity index (χ0) is 13.7. The Labute approximate surface area is 118 Å². The summed E-state index contributed by atoms with van der Waals surface area (Å²) in [6, 6.07) is 10.3. The zero-order valence-corrected chi connectivity index (χ0v) is 12.8. The van der Waals surface area contributed by atoms with Gasteiger partial charge in [-0.25, -0.2) is 0 Å². The molecular weight excluding hydrogens is 230 g/mol. The fourth-order valence-corrected chi connectivity index (χ4v) is 3.25. The van der Waals surface area contributed by atoms with Crippen LogP contribution in [0.2, 0.25) is 0 Å². The molecule has 106 valence electrons. The van der Waals surface area contributed by atoms with E-state index in [0.717, 1.165) is 5.92 Å². The molecule has 1 nitrogen and oxygen atoms in total. The van der Waals surface area contributed by atoms with Crippen LogP contribution in [0, 0.1) is 12.8 Å². The van der Waals surface area contributed by atoms with Crippen molar-refractivity contribution in [1.82, 2.24) is 5.32 Å². The third-order valence-electron chi connectivity index (χ3n) is 4.66. The second-order valence-electron chi connectivity index (χ2n) is 6.26. The minimum absolute atomic E-state index is 0.520. The SMILES string of the molecule is CCC(NC1CCCCCC1C)c1ccc(C)cc1. The van der Waals surface area contributed by atoms with Crippen LogP contribution in [-0.2, 0) is 0 Å². The molecule has 1 N–H and O–H groups in total. The van der Waals surface area contributed by atoms with Gasteiger partial charge < -0.3 is 5.32 Å². The molecule has 1 saturated carbocycles. The quantitative estimate of drug-likeness (QED) is 0.750. The van der Waals surface area contributed by atoms with E-state index < -0.39 is 0 Å².